The van der Waals surface area contributed by atoms with Crippen molar-refractivity contribution in [3.63, 3.8) is 0 Å². The summed E-state index contributed by atoms with van der Waals surface area (Å²) in [6, 6.07) is 14.4. The predicted molar refractivity (Wildman–Crippen MR) is 81.9 cm³/mol. The molecule has 0 spiro atoms. The number of hydrogen-bond donors (Lipinski definition) is 1. The second-order valence-corrected chi connectivity index (χ2v) is 5.06. The lowest BCUT2D eigenvalue weighted by atomic mass is 10.1. The third kappa shape index (κ3) is 2.63. The number of carbonyl (C=O) groups is 2. The van der Waals surface area contributed by atoms with Crippen molar-refractivity contribution in [1.82, 2.24) is 14.8 Å². The Bertz CT molecular complexity index is 675. The van der Waals surface area contributed by atoms with Gasteiger partial charge in [-0.3, -0.25) is 15.0 Å². The molecule has 1 N–H and O–H groups in total. The molecule has 1 aliphatic rings. The second kappa shape index (κ2) is 5.85. The fourth-order valence-electron chi connectivity index (χ4n) is 2.52. The number of nitrogens with one attached hydrogen (secondary N) is 1. The fourth-order valence-corrected chi connectivity index (χ4v) is 2.52. The first-order valence-corrected chi connectivity index (χ1v) is 6.96. The molecule has 3 rings (SSSR count). The number of urea groups is 1. The Morgan fingerprint density at radius 3 is 2.59 bits per heavy atom. The van der Waals surface area contributed by atoms with Crippen molar-refractivity contribution in [2.24, 2.45) is 0 Å². The van der Waals surface area contributed by atoms with E-state index in [1.54, 1.807) is 36.3 Å². The van der Waals surface area contributed by atoms with Crippen molar-refractivity contribution in [1.29, 1.82) is 0 Å². The Kier molecular flexibility index (Phi) is 3.74. The first kappa shape index (κ1) is 14.1. The Labute approximate surface area is 128 Å². The van der Waals surface area contributed by atoms with Crippen LogP contribution >= 0.6 is 0 Å². The maximum absolute atomic E-state index is 12.5. The molecule has 1 atom stereocenters. The van der Waals surface area contributed by atoms with Crippen LogP contribution in [0.15, 0.2) is 54.7 Å². The van der Waals surface area contributed by atoms with Crippen LogP contribution < -0.4 is 5.32 Å². The molecule has 0 bridgehead atoms. The standard InChI is InChI=1S/C16H16N4O2/c1-19-14(21)11-20(15(19)12-7-3-2-4-8-12)16(22)18-13-9-5-6-10-17-13/h2-10,15H,11H2,1H3,(H,17,18,22)/t15-/m1/s1. The lowest BCUT2D eigenvalue weighted by molar-refractivity contribution is -0.126. The van der Waals surface area contributed by atoms with Crippen LogP contribution in [0.1, 0.15) is 11.7 Å². The van der Waals surface area contributed by atoms with E-state index in [9.17, 15) is 9.59 Å². The van der Waals surface area contributed by atoms with Gasteiger partial charge in [0.1, 0.15) is 18.5 Å². The van der Waals surface area contributed by atoms with E-state index in [-0.39, 0.29) is 18.5 Å². The minimum Gasteiger partial charge on any atom is -0.319 e. The van der Waals surface area contributed by atoms with Crippen LogP contribution in [0.2, 0.25) is 0 Å². The Balaban J connectivity index is 1.84. The van der Waals surface area contributed by atoms with Crippen LogP contribution in [0, 0.1) is 0 Å². The van der Waals surface area contributed by atoms with E-state index in [0.29, 0.717) is 5.82 Å². The lowest BCUT2D eigenvalue weighted by Gasteiger charge is -2.27. The summed E-state index contributed by atoms with van der Waals surface area (Å²) >= 11 is 0. The van der Waals surface area contributed by atoms with E-state index in [4.69, 9.17) is 0 Å². The highest BCUT2D eigenvalue weighted by Gasteiger charge is 2.39. The zero-order valence-electron chi connectivity index (χ0n) is 12.1. The molecule has 0 aliphatic carbocycles. The topological polar surface area (TPSA) is 65.5 Å². The van der Waals surface area contributed by atoms with Crippen LogP contribution in [0.3, 0.4) is 0 Å². The summed E-state index contributed by atoms with van der Waals surface area (Å²) in [6.45, 7) is 0.0503. The van der Waals surface area contributed by atoms with E-state index < -0.39 is 6.17 Å². The molecule has 1 aromatic heterocycles. The molecule has 1 aromatic carbocycles. The highest BCUT2D eigenvalue weighted by atomic mass is 16.2. The number of hydrogen-bond acceptors (Lipinski definition) is 3. The Hall–Kier alpha value is -2.89. The summed E-state index contributed by atoms with van der Waals surface area (Å²) in [5.41, 5.74) is 0.895. The molecule has 1 aliphatic heterocycles. The normalized spacial score (nSPS) is 17.7. The van der Waals surface area contributed by atoms with Crippen LogP contribution in [-0.4, -0.2) is 40.3 Å². The minimum absolute atomic E-state index is 0.0503. The van der Waals surface area contributed by atoms with Gasteiger partial charge in [0.25, 0.3) is 0 Å². The van der Waals surface area contributed by atoms with Gasteiger partial charge in [0.2, 0.25) is 5.91 Å². The molecule has 112 valence electrons. The summed E-state index contributed by atoms with van der Waals surface area (Å²) in [7, 11) is 1.70. The molecule has 6 heteroatoms. The van der Waals surface area contributed by atoms with Crippen molar-refractivity contribution >= 4 is 17.8 Å². The molecule has 6 nitrogen and oxygen atoms in total. The van der Waals surface area contributed by atoms with Crippen LogP contribution in [0.4, 0.5) is 10.6 Å². The maximum Gasteiger partial charge on any atom is 0.325 e. The monoisotopic (exact) mass is 296 g/mol. The molecule has 0 radical (unpaired) electrons. The van der Waals surface area contributed by atoms with Gasteiger partial charge in [-0.25, -0.2) is 9.78 Å². The van der Waals surface area contributed by atoms with Gasteiger partial charge in [-0.1, -0.05) is 36.4 Å². The van der Waals surface area contributed by atoms with Gasteiger partial charge in [0, 0.05) is 13.2 Å². The quantitative estimate of drug-likeness (QED) is 0.922. The van der Waals surface area contributed by atoms with Crippen molar-refractivity contribution < 1.29 is 9.59 Å². The summed E-state index contributed by atoms with van der Waals surface area (Å²) in [4.78, 5) is 31.7. The zero-order valence-corrected chi connectivity index (χ0v) is 12.1. The summed E-state index contributed by atoms with van der Waals surface area (Å²) < 4.78 is 0. The van der Waals surface area contributed by atoms with Crippen LogP contribution in [0.25, 0.3) is 0 Å². The highest BCUT2D eigenvalue weighted by molar-refractivity contribution is 5.94. The predicted octanol–water partition coefficient (Wildman–Crippen LogP) is 2.09. The summed E-state index contributed by atoms with van der Waals surface area (Å²) in [5.74, 6) is 0.367. The summed E-state index contributed by atoms with van der Waals surface area (Å²) in [6.07, 6.45) is 1.20. The smallest absolute Gasteiger partial charge is 0.319 e. The van der Waals surface area contributed by atoms with Gasteiger partial charge in [-0.15, -0.1) is 0 Å². The molecule has 0 unspecified atom stereocenters. The Morgan fingerprint density at radius 1 is 1.18 bits per heavy atom. The number of carbonyl (C=O) groups excluding carboxylic acids is 2. The number of rotatable bonds is 2. The molecule has 1 fully saturated rings. The van der Waals surface area contributed by atoms with Crippen LogP contribution in [0.5, 0.6) is 0 Å². The number of likely N-dealkylation sites (N-methyl/N-ethyl adjacent to an activating group) is 1. The Morgan fingerprint density at radius 2 is 1.91 bits per heavy atom. The van der Waals surface area contributed by atoms with E-state index in [2.05, 4.69) is 10.3 Å². The molecular formula is C16H16N4O2. The average molecular weight is 296 g/mol. The third-order valence-corrected chi connectivity index (χ3v) is 3.62. The molecule has 3 amide bonds. The highest BCUT2D eigenvalue weighted by Crippen LogP contribution is 2.29. The summed E-state index contributed by atoms with van der Waals surface area (Å²) in [5, 5.41) is 2.72. The van der Waals surface area contributed by atoms with Gasteiger partial charge in [-0.05, 0) is 17.7 Å². The zero-order chi connectivity index (χ0) is 15.5. The molecule has 2 heterocycles. The number of pyridine rings is 1. The largest absolute Gasteiger partial charge is 0.325 e. The number of amides is 3. The number of anilines is 1. The van der Waals surface area contributed by atoms with Crippen LogP contribution in [-0.2, 0) is 4.79 Å². The van der Waals surface area contributed by atoms with Gasteiger partial charge >= 0.3 is 6.03 Å². The van der Waals surface area contributed by atoms with E-state index >= 15 is 0 Å². The molecule has 2 aromatic rings. The number of aromatic nitrogens is 1. The maximum atomic E-state index is 12.5. The van der Waals surface area contributed by atoms with Gasteiger partial charge < -0.3 is 4.90 Å². The van der Waals surface area contributed by atoms with Crippen molar-refractivity contribution in [2.45, 2.75) is 6.17 Å². The number of nitrogens with zero attached hydrogens (tertiary/aromatic N) is 3. The van der Waals surface area contributed by atoms with Crippen molar-refractivity contribution in [3.8, 4) is 0 Å². The second-order valence-electron chi connectivity index (χ2n) is 5.06. The van der Waals surface area contributed by atoms with Gasteiger partial charge in [0.15, 0.2) is 0 Å². The minimum atomic E-state index is -0.405. The first-order valence-electron chi connectivity index (χ1n) is 6.96. The third-order valence-electron chi connectivity index (χ3n) is 3.62. The van der Waals surface area contributed by atoms with E-state index in [1.807, 2.05) is 30.3 Å². The SMILES string of the molecule is CN1C(=O)CN(C(=O)Nc2ccccn2)[C@@H]1c1ccccc1. The van der Waals surface area contributed by atoms with Gasteiger partial charge in [-0.2, -0.15) is 0 Å². The van der Waals surface area contributed by atoms with Crippen molar-refractivity contribution in [2.75, 3.05) is 18.9 Å². The molecular weight excluding hydrogens is 280 g/mol. The molecule has 22 heavy (non-hydrogen) atoms. The fraction of sp³-hybridized carbons (Fsp3) is 0.188. The number of benzene rings is 1. The van der Waals surface area contributed by atoms with E-state index in [0.717, 1.165) is 5.56 Å². The van der Waals surface area contributed by atoms with Crippen molar-refractivity contribution in [3.05, 3.63) is 60.3 Å². The molecule has 1 saturated heterocycles. The van der Waals surface area contributed by atoms with Gasteiger partial charge in [0.05, 0.1) is 0 Å². The first-order chi connectivity index (χ1) is 10.7. The molecule has 0 saturated carbocycles. The average Bonchev–Trinajstić information content (AvgIpc) is 2.85. The van der Waals surface area contributed by atoms with E-state index in [1.165, 1.54) is 4.90 Å². The lowest BCUT2D eigenvalue weighted by Crippen LogP contribution is -2.37.